The highest BCUT2D eigenvalue weighted by Gasteiger charge is 2.18. The average Bonchev–Trinajstić information content (AvgIpc) is 3.23. The topological polar surface area (TPSA) is 69.9 Å². The zero-order valence-electron chi connectivity index (χ0n) is 16.9. The van der Waals surface area contributed by atoms with Crippen molar-refractivity contribution in [2.24, 2.45) is 0 Å². The molecule has 0 radical (unpaired) electrons. The van der Waals surface area contributed by atoms with Crippen LogP contribution < -0.4 is 0 Å². The Morgan fingerprint density at radius 3 is 2.52 bits per heavy atom. The summed E-state index contributed by atoms with van der Waals surface area (Å²) in [5, 5.41) is 10.3. The minimum atomic E-state index is -0.350. The number of pyridine rings is 1. The quantitative estimate of drug-likeness (QED) is 0.290. The van der Waals surface area contributed by atoms with Gasteiger partial charge in [-0.25, -0.2) is 4.79 Å². The largest absolute Gasteiger partial charge is 0.465 e. The van der Waals surface area contributed by atoms with E-state index in [0.717, 1.165) is 33.4 Å². The molecule has 0 unspecified atom stereocenters. The molecule has 2 aromatic heterocycles. The minimum absolute atomic E-state index is 0.350. The first-order chi connectivity index (χ1) is 15.1. The zero-order valence-corrected chi connectivity index (χ0v) is 18.5. The van der Waals surface area contributed by atoms with Crippen LogP contribution >= 0.6 is 23.4 Å². The van der Waals surface area contributed by atoms with E-state index in [1.165, 1.54) is 7.11 Å². The van der Waals surface area contributed by atoms with Crippen LogP contribution in [0.4, 0.5) is 0 Å². The lowest BCUT2D eigenvalue weighted by molar-refractivity contribution is 0.0600. The average molecular weight is 451 g/mol. The zero-order chi connectivity index (χ0) is 21.8. The van der Waals surface area contributed by atoms with Crippen LogP contribution in [-0.4, -0.2) is 32.8 Å². The Morgan fingerprint density at radius 1 is 1.06 bits per heavy atom. The Labute approximate surface area is 189 Å². The molecule has 0 amide bonds. The number of nitrogens with zero attached hydrogens (tertiary/aromatic N) is 4. The number of carbonyl (C=O) groups is 1. The molecule has 0 bridgehead atoms. The van der Waals surface area contributed by atoms with Gasteiger partial charge in [-0.2, -0.15) is 0 Å². The normalized spacial score (nSPS) is 10.8. The van der Waals surface area contributed by atoms with Crippen LogP contribution in [0.1, 0.15) is 21.5 Å². The summed E-state index contributed by atoms with van der Waals surface area (Å²) < 4.78 is 6.77. The summed E-state index contributed by atoms with van der Waals surface area (Å²) >= 11 is 7.96. The van der Waals surface area contributed by atoms with Crippen LogP contribution in [0.25, 0.3) is 17.1 Å². The van der Waals surface area contributed by atoms with Crippen LogP contribution in [-0.2, 0) is 10.5 Å². The van der Waals surface area contributed by atoms with Crippen molar-refractivity contribution in [3.8, 4) is 17.1 Å². The maximum Gasteiger partial charge on any atom is 0.337 e. The first-order valence-electron chi connectivity index (χ1n) is 9.50. The van der Waals surface area contributed by atoms with Crippen molar-refractivity contribution in [1.29, 1.82) is 0 Å². The number of esters is 1. The molecule has 0 aliphatic heterocycles. The second-order valence-corrected chi connectivity index (χ2v) is 8.09. The third kappa shape index (κ3) is 4.47. The van der Waals surface area contributed by atoms with E-state index < -0.39 is 0 Å². The van der Waals surface area contributed by atoms with Gasteiger partial charge in [0.1, 0.15) is 0 Å². The Kier molecular flexibility index (Phi) is 6.34. The van der Waals surface area contributed by atoms with E-state index in [4.69, 9.17) is 16.3 Å². The lowest BCUT2D eigenvalue weighted by Gasteiger charge is -2.14. The Hall–Kier alpha value is -3.16. The van der Waals surface area contributed by atoms with Crippen molar-refractivity contribution < 1.29 is 9.53 Å². The number of hydrogen-bond acceptors (Lipinski definition) is 6. The van der Waals surface area contributed by atoms with Crippen LogP contribution in [0.2, 0.25) is 5.02 Å². The van der Waals surface area contributed by atoms with Crippen molar-refractivity contribution in [2.45, 2.75) is 17.8 Å². The van der Waals surface area contributed by atoms with Crippen molar-refractivity contribution in [3.05, 3.63) is 88.7 Å². The molecule has 0 aliphatic carbocycles. The molecule has 0 N–H and O–H groups in total. The SMILES string of the molecule is COC(=O)c1ccc(CSc2nnc(-c3ccncc3)n2-c2cccc(Cl)c2C)cc1. The molecule has 0 atom stereocenters. The van der Waals surface area contributed by atoms with Crippen LogP contribution in [0, 0.1) is 6.92 Å². The number of halogens is 1. The second-order valence-electron chi connectivity index (χ2n) is 6.74. The van der Waals surface area contributed by atoms with Crippen molar-refractivity contribution in [2.75, 3.05) is 7.11 Å². The molecule has 0 spiro atoms. The van der Waals surface area contributed by atoms with E-state index in [9.17, 15) is 4.79 Å². The Morgan fingerprint density at radius 2 is 1.81 bits per heavy atom. The van der Waals surface area contributed by atoms with E-state index in [1.54, 1.807) is 36.3 Å². The molecule has 4 aromatic rings. The molecule has 0 fully saturated rings. The number of hydrogen-bond donors (Lipinski definition) is 0. The number of thioether (sulfide) groups is 1. The first-order valence-corrected chi connectivity index (χ1v) is 10.9. The number of carbonyl (C=O) groups excluding carboxylic acids is 1. The maximum atomic E-state index is 11.6. The number of rotatable bonds is 6. The van der Waals surface area contributed by atoms with Crippen molar-refractivity contribution >= 4 is 29.3 Å². The van der Waals surface area contributed by atoms with Crippen LogP contribution in [0.5, 0.6) is 0 Å². The van der Waals surface area contributed by atoms with Gasteiger partial charge < -0.3 is 4.74 Å². The summed E-state index contributed by atoms with van der Waals surface area (Å²) in [4.78, 5) is 15.7. The number of methoxy groups -OCH3 is 1. The molecule has 31 heavy (non-hydrogen) atoms. The van der Waals surface area contributed by atoms with E-state index in [1.807, 2.05) is 54.0 Å². The predicted octanol–water partition coefficient (Wildman–Crippen LogP) is 5.37. The minimum Gasteiger partial charge on any atom is -0.465 e. The van der Waals surface area contributed by atoms with Crippen LogP contribution in [0.15, 0.2) is 72.1 Å². The molecule has 6 nitrogen and oxygen atoms in total. The van der Waals surface area contributed by atoms with Gasteiger partial charge in [-0.15, -0.1) is 10.2 Å². The molecular weight excluding hydrogens is 432 g/mol. The van der Waals surface area contributed by atoms with Gasteiger partial charge in [-0.3, -0.25) is 9.55 Å². The third-order valence-electron chi connectivity index (χ3n) is 4.79. The fourth-order valence-electron chi connectivity index (χ4n) is 3.11. The fraction of sp³-hybridized carbons (Fsp3) is 0.130. The fourth-order valence-corrected chi connectivity index (χ4v) is 4.18. The molecule has 8 heteroatoms. The molecule has 4 rings (SSSR count). The van der Waals surface area contributed by atoms with E-state index in [-0.39, 0.29) is 5.97 Å². The first kappa shape index (κ1) is 21.1. The lowest BCUT2D eigenvalue weighted by atomic mass is 10.1. The Balaban J connectivity index is 1.69. The number of ether oxygens (including phenoxy) is 1. The number of benzene rings is 2. The summed E-state index contributed by atoms with van der Waals surface area (Å²) in [5.74, 6) is 1.03. The van der Waals surface area contributed by atoms with E-state index in [2.05, 4.69) is 15.2 Å². The number of aromatic nitrogens is 4. The molecule has 2 aromatic carbocycles. The second kappa shape index (κ2) is 9.32. The highest BCUT2D eigenvalue weighted by Crippen LogP contribution is 2.32. The summed E-state index contributed by atoms with van der Waals surface area (Å²) in [6.45, 7) is 1.98. The van der Waals surface area contributed by atoms with Crippen molar-refractivity contribution in [1.82, 2.24) is 19.7 Å². The molecule has 0 saturated heterocycles. The van der Waals surface area contributed by atoms with Gasteiger partial charge in [0.25, 0.3) is 0 Å². The smallest absolute Gasteiger partial charge is 0.337 e. The summed E-state index contributed by atoms with van der Waals surface area (Å²) in [6, 6.07) is 16.9. The van der Waals surface area contributed by atoms with Crippen molar-refractivity contribution in [3.63, 3.8) is 0 Å². The Bertz CT molecular complexity index is 1210. The molecular formula is C23H19ClN4O2S. The maximum absolute atomic E-state index is 11.6. The molecule has 2 heterocycles. The van der Waals surface area contributed by atoms with Gasteiger partial charge in [0.05, 0.1) is 18.4 Å². The van der Waals surface area contributed by atoms with E-state index >= 15 is 0 Å². The summed E-state index contributed by atoms with van der Waals surface area (Å²) in [6.07, 6.45) is 3.46. The van der Waals surface area contributed by atoms with Gasteiger partial charge >= 0.3 is 5.97 Å². The van der Waals surface area contributed by atoms with Gasteiger partial charge in [0, 0.05) is 28.7 Å². The lowest BCUT2D eigenvalue weighted by Crippen LogP contribution is -2.03. The molecule has 0 aliphatic rings. The summed E-state index contributed by atoms with van der Waals surface area (Å²) in [5.41, 5.74) is 4.36. The predicted molar refractivity (Wildman–Crippen MR) is 122 cm³/mol. The standard InChI is InChI=1S/C23H19ClN4O2S/c1-15-19(24)4-3-5-20(15)28-21(17-10-12-25-13-11-17)26-27-23(28)31-14-16-6-8-18(9-7-16)22(29)30-2/h3-13H,14H2,1-2H3. The highest BCUT2D eigenvalue weighted by molar-refractivity contribution is 7.98. The summed E-state index contributed by atoms with van der Waals surface area (Å²) in [7, 11) is 1.37. The van der Waals surface area contributed by atoms with Gasteiger partial charge in [-0.1, -0.05) is 41.6 Å². The van der Waals surface area contributed by atoms with E-state index in [0.29, 0.717) is 16.3 Å². The van der Waals surface area contributed by atoms with Crippen LogP contribution in [0.3, 0.4) is 0 Å². The third-order valence-corrected chi connectivity index (χ3v) is 6.20. The highest BCUT2D eigenvalue weighted by atomic mass is 35.5. The molecule has 156 valence electrons. The molecule has 0 saturated carbocycles. The van der Waals surface area contributed by atoms with Gasteiger partial charge in [-0.05, 0) is 54.4 Å². The van der Waals surface area contributed by atoms with Gasteiger partial charge in [0.2, 0.25) is 0 Å². The monoisotopic (exact) mass is 450 g/mol. The van der Waals surface area contributed by atoms with Gasteiger partial charge in [0.15, 0.2) is 11.0 Å².